The Kier molecular flexibility index (Phi) is 4.41. The van der Waals surface area contributed by atoms with Gasteiger partial charge < -0.3 is 14.5 Å². The summed E-state index contributed by atoms with van der Waals surface area (Å²) in [6, 6.07) is 17.3. The molecular formula is C26H26N4O. The first-order valence-electron chi connectivity index (χ1n) is 11.2. The zero-order valence-electron chi connectivity index (χ0n) is 17.5. The second-order valence-electron chi connectivity index (χ2n) is 8.97. The van der Waals surface area contributed by atoms with E-state index in [4.69, 9.17) is 0 Å². The third-order valence-corrected chi connectivity index (χ3v) is 6.72. The van der Waals surface area contributed by atoms with Crippen LogP contribution >= 0.6 is 0 Å². The van der Waals surface area contributed by atoms with E-state index in [9.17, 15) is 4.79 Å². The van der Waals surface area contributed by atoms with Gasteiger partial charge in [-0.05, 0) is 59.9 Å². The number of nitrogens with zero attached hydrogens (tertiary/aromatic N) is 3. The third kappa shape index (κ3) is 3.54. The number of benzene rings is 2. The zero-order chi connectivity index (χ0) is 20.8. The Balaban J connectivity index is 1.18. The van der Waals surface area contributed by atoms with Gasteiger partial charge in [0.05, 0.1) is 0 Å². The molecule has 5 heteroatoms. The van der Waals surface area contributed by atoms with Gasteiger partial charge in [0.25, 0.3) is 0 Å². The molecule has 1 saturated heterocycles. The van der Waals surface area contributed by atoms with Gasteiger partial charge in [-0.25, -0.2) is 4.98 Å². The molecule has 0 radical (unpaired) electrons. The van der Waals surface area contributed by atoms with Crippen molar-refractivity contribution in [2.45, 2.75) is 25.8 Å². The summed E-state index contributed by atoms with van der Waals surface area (Å²) < 4.78 is 2.25. The van der Waals surface area contributed by atoms with Gasteiger partial charge >= 0.3 is 0 Å². The number of H-pyrrole nitrogens is 1. The van der Waals surface area contributed by atoms with Crippen LogP contribution in [0.1, 0.15) is 19.3 Å². The van der Waals surface area contributed by atoms with Gasteiger partial charge in [-0.15, -0.1) is 0 Å². The number of hydrogen-bond acceptors (Lipinski definition) is 2. The number of nitrogens with one attached hydrogen (secondary N) is 1. The van der Waals surface area contributed by atoms with Gasteiger partial charge in [0.1, 0.15) is 5.82 Å². The van der Waals surface area contributed by atoms with Gasteiger partial charge in [-0.1, -0.05) is 30.3 Å². The maximum atomic E-state index is 12.4. The molecule has 2 aliphatic rings. The monoisotopic (exact) mass is 410 g/mol. The first-order valence-corrected chi connectivity index (χ1v) is 11.2. The van der Waals surface area contributed by atoms with Crippen molar-refractivity contribution in [3.8, 4) is 22.5 Å². The van der Waals surface area contributed by atoms with Crippen LogP contribution in [0.3, 0.4) is 0 Å². The van der Waals surface area contributed by atoms with E-state index in [1.165, 1.54) is 16.5 Å². The summed E-state index contributed by atoms with van der Waals surface area (Å²) in [4.78, 5) is 22.3. The lowest BCUT2D eigenvalue weighted by atomic mass is 10.0. The fourth-order valence-corrected chi connectivity index (χ4v) is 4.81. The second-order valence-corrected chi connectivity index (χ2v) is 8.97. The summed E-state index contributed by atoms with van der Waals surface area (Å²) in [5, 5.41) is 1.22. The van der Waals surface area contributed by atoms with E-state index in [0.29, 0.717) is 17.7 Å². The van der Waals surface area contributed by atoms with Crippen LogP contribution < -0.4 is 0 Å². The van der Waals surface area contributed by atoms with E-state index >= 15 is 0 Å². The number of aromatic amines is 1. The molecule has 1 unspecified atom stereocenters. The number of aromatic nitrogens is 3. The lowest BCUT2D eigenvalue weighted by Gasteiger charge is -2.17. The number of fused-ring (bicyclic) bond motifs is 1. The molecule has 0 bridgehead atoms. The summed E-state index contributed by atoms with van der Waals surface area (Å²) >= 11 is 0. The number of carbonyl (C=O) groups is 1. The smallest absolute Gasteiger partial charge is 0.225 e. The summed E-state index contributed by atoms with van der Waals surface area (Å²) in [7, 11) is 0. The lowest BCUT2D eigenvalue weighted by molar-refractivity contribution is -0.131. The molecule has 2 fully saturated rings. The molecule has 31 heavy (non-hydrogen) atoms. The molecule has 3 heterocycles. The molecule has 1 aliphatic heterocycles. The first kappa shape index (κ1) is 18.4. The van der Waals surface area contributed by atoms with Gasteiger partial charge in [0.2, 0.25) is 5.91 Å². The Labute approximate surface area is 181 Å². The normalized spacial score (nSPS) is 18.7. The topological polar surface area (TPSA) is 53.9 Å². The summed E-state index contributed by atoms with van der Waals surface area (Å²) in [5.74, 6) is 2.20. The minimum Gasteiger partial charge on any atom is -0.361 e. The van der Waals surface area contributed by atoms with Crippen LogP contribution in [0.5, 0.6) is 0 Å². The Bertz CT molecular complexity index is 1230. The number of hydrogen-bond donors (Lipinski definition) is 1. The summed E-state index contributed by atoms with van der Waals surface area (Å²) in [6.45, 7) is 2.70. The minimum absolute atomic E-state index is 0.319. The van der Waals surface area contributed by atoms with Crippen LogP contribution in [0.2, 0.25) is 0 Å². The average Bonchev–Trinajstić information content (AvgIpc) is 3.17. The second kappa shape index (κ2) is 7.41. The van der Waals surface area contributed by atoms with E-state index in [1.54, 1.807) is 0 Å². The van der Waals surface area contributed by atoms with Crippen LogP contribution in [-0.4, -0.2) is 38.4 Å². The number of likely N-dealkylation sites (tertiary alicyclic amines) is 1. The SMILES string of the molecule is O=C(C1CC1)N1CCC(Cn2ccnc2-c2ccc(-c3ccc4[nH]ccc4c3)cc2)C1. The van der Waals surface area contributed by atoms with Gasteiger partial charge in [0.15, 0.2) is 0 Å². The van der Waals surface area contributed by atoms with Crippen LogP contribution in [-0.2, 0) is 11.3 Å². The van der Waals surface area contributed by atoms with Crippen LogP contribution in [0.15, 0.2) is 67.1 Å². The maximum Gasteiger partial charge on any atom is 0.225 e. The summed E-state index contributed by atoms with van der Waals surface area (Å²) in [6.07, 6.45) is 9.17. The molecule has 2 aromatic carbocycles. The van der Waals surface area contributed by atoms with Gasteiger partial charge in [-0.3, -0.25) is 4.79 Å². The molecule has 6 rings (SSSR count). The predicted molar refractivity (Wildman–Crippen MR) is 122 cm³/mol. The minimum atomic E-state index is 0.319. The van der Waals surface area contributed by atoms with Crippen molar-refractivity contribution in [1.82, 2.24) is 19.4 Å². The third-order valence-electron chi connectivity index (χ3n) is 6.72. The van der Waals surface area contributed by atoms with Crippen molar-refractivity contribution >= 4 is 16.8 Å². The van der Waals surface area contributed by atoms with E-state index in [2.05, 4.69) is 74.2 Å². The molecule has 1 N–H and O–H groups in total. The van der Waals surface area contributed by atoms with Crippen molar-refractivity contribution in [2.75, 3.05) is 13.1 Å². The molecule has 1 atom stereocenters. The van der Waals surface area contributed by atoms with Crippen LogP contribution in [0.25, 0.3) is 33.4 Å². The fourth-order valence-electron chi connectivity index (χ4n) is 4.81. The predicted octanol–water partition coefficient (Wildman–Crippen LogP) is 4.96. The number of imidazole rings is 1. The molecule has 5 nitrogen and oxygen atoms in total. The van der Waals surface area contributed by atoms with Crippen molar-refractivity contribution in [2.24, 2.45) is 11.8 Å². The summed E-state index contributed by atoms with van der Waals surface area (Å²) in [5.41, 5.74) is 4.70. The first-order chi connectivity index (χ1) is 15.2. The van der Waals surface area contributed by atoms with Crippen molar-refractivity contribution in [3.05, 3.63) is 67.1 Å². The highest BCUT2D eigenvalue weighted by Gasteiger charge is 2.36. The average molecular weight is 411 g/mol. The van der Waals surface area contributed by atoms with E-state index in [1.807, 2.05) is 12.4 Å². The maximum absolute atomic E-state index is 12.4. The highest BCUT2D eigenvalue weighted by atomic mass is 16.2. The Morgan fingerprint density at radius 3 is 2.65 bits per heavy atom. The molecule has 0 spiro atoms. The fraction of sp³-hybridized carbons (Fsp3) is 0.308. The highest BCUT2D eigenvalue weighted by molar-refractivity contribution is 5.85. The Morgan fingerprint density at radius 1 is 1.00 bits per heavy atom. The van der Waals surface area contributed by atoms with E-state index < -0.39 is 0 Å². The molecule has 1 saturated carbocycles. The van der Waals surface area contributed by atoms with Crippen molar-refractivity contribution in [3.63, 3.8) is 0 Å². The molecule has 156 valence electrons. The van der Waals surface area contributed by atoms with Gasteiger partial charge in [0, 0.05) is 55.2 Å². The molecular weight excluding hydrogens is 384 g/mol. The van der Waals surface area contributed by atoms with Crippen LogP contribution in [0.4, 0.5) is 0 Å². The largest absolute Gasteiger partial charge is 0.361 e. The van der Waals surface area contributed by atoms with Crippen molar-refractivity contribution < 1.29 is 4.79 Å². The molecule has 2 aromatic heterocycles. The van der Waals surface area contributed by atoms with Crippen LogP contribution in [0, 0.1) is 11.8 Å². The van der Waals surface area contributed by atoms with Gasteiger partial charge in [-0.2, -0.15) is 0 Å². The standard InChI is InChI=1S/C26H26N4O/c31-26(21-5-6-21)30-13-10-18(17-30)16-29-14-12-28-25(29)20-3-1-19(2-4-20)22-7-8-24-23(15-22)9-11-27-24/h1-4,7-9,11-12,14-15,18,21,27H,5-6,10,13,16-17H2. The highest BCUT2D eigenvalue weighted by Crippen LogP contribution is 2.33. The quantitative estimate of drug-likeness (QED) is 0.506. The molecule has 1 aliphatic carbocycles. The lowest BCUT2D eigenvalue weighted by Crippen LogP contribution is -2.30. The van der Waals surface area contributed by atoms with Crippen molar-refractivity contribution in [1.29, 1.82) is 0 Å². The Morgan fingerprint density at radius 2 is 1.81 bits per heavy atom. The molecule has 4 aromatic rings. The number of amides is 1. The molecule has 1 amide bonds. The van der Waals surface area contributed by atoms with E-state index in [-0.39, 0.29) is 0 Å². The van der Waals surface area contributed by atoms with E-state index in [0.717, 1.165) is 55.8 Å². The Hall–Kier alpha value is -3.34. The number of rotatable bonds is 5. The number of carbonyl (C=O) groups excluding carboxylic acids is 1. The zero-order valence-corrected chi connectivity index (χ0v) is 17.5.